The van der Waals surface area contributed by atoms with Gasteiger partial charge in [-0.1, -0.05) is 6.42 Å². The van der Waals surface area contributed by atoms with Crippen molar-refractivity contribution in [3.8, 4) is 0 Å². The molecule has 1 fully saturated rings. The Bertz CT molecular complexity index is 509. The number of likely N-dealkylation sites (tertiary alicyclic amines) is 1. The summed E-state index contributed by atoms with van der Waals surface area (Å²) in [5.74, 6) is 0. The minimum Gasteiger partial charge on any atom is -0.394 e. The number of nitrogens with zero attached hydrogens (tertiary/aromatic N) is 3. The van der Waals surface area contributed by atoms with E-state index in [-0.39, 0.29) is 11.5 Å². The van der Waals surface area contributed by atoms with Crippen LogP contribution >= 0.6 is 0 Å². The molecule has 20 heavy (non-hydrogen) atoms. The Hall–Kier alpha value is -0.960. The van der Waals surface area contributed by atoms with Crippen molar-refractivity contribution in [3.05, 3.63) is 12.4 Å². The lowest BCUT2D eigenvalue weighted by Crippen LogP contribution is -2.37. The van der Waals surface area contributed by atoms with Crippen molar-refractivity contribution in [1.82, 2.24) is 19.4 Å². The molecule has 1 saturated heterocycles. The number of piperidine rings is 1. The Kier molecular flexibility index (Phi) is 5.53. The van der Waals surface area contributed by atoms with Gasteiger partial charge in [0.25, 0.3) is 0 Å². The fourth-order valence-corrected chi connectivity index (χ4v) is 3.29. The molecule has 0 aromatic carbocycles. The molecule has 1 aliphatic rings. The summed E-state index contributed by atoms with van der Waals surface area (Å²) in [5.41, 5.74) is 0. The van der Waals surface area contributed by atoms with Crippen LogP contribution in [0.25, 0.3) is 0 Å². The highest BCUT2D eigenvalue weighted by atomic mass is 32.2. The third-order valence-electron chi connectivity index (χ3n) is 3.42. The molecule has 0 unspecified atom stereocenters. The zero-order valence-corrected chi connectivity index (χ0v) is 12.3. The minimum atomic E-state index is -3.50. The zero-order valence-electron chi connectivity index (χ0n) is 11.5. The van der Waals surface area contributed by atoms with Gasteiger partial charge < -0.3 is 10.0 Å². The molecule has 2 heterocycles. The SMILES string of the molecule is O=S(=O)(NCCN1CCCCC1)c1cnn(CCO)c1. The molecule has 114 valence electrons. The van der Waals surface area contributed by atoms with Crippen LogP contribution in [0.4, 0.5) is 0 Å². The van der Waals surface area contributed by atoms with Gasteiger partial charge in [-0.05, 0) is 25.9 Å². The summed E-state index contributed by atoms with van der Waals surface area (Å²) in [6.45, 7) is 3.48. The summed E-state index contributed by atoms with van der Waals surface area (Å²) in [4.78, 5) is 2.42. The molecule has 1 aromatic rings. The van der Waals surface area contributed by atoms with E-state index in [1.807, 2.05) is 0 Å². The predicted octanol–water partition coefficient (Wildman–Crippen LogP) is -0.360. The van der Waals surface area contributed by atoms with Crippen molar-refractivity contribution in [2.75, 3.05) is 32.8 Å². The Morgan fingerprint density at radius 1 is 1.25 bits per heavy atom. The number of aromatic nitrogens is 2. The Morgan fingerprint density at radius 3 is 2.70 bits per heavy atom. The lowest BCUT2D eigenvalue weighted by Gasteiger charge is -2.26. The summed E-state index contributed by atoms with van der Waals surface area (Å²) in [6.07, 6.45) is 6.39. The van der Waals surface area contributed by atoms with Crippen molar-refractivity contribution < 1.29 is 13.5 Å². The van der Waals surface area contributed by atoms with Crippen LogP contribution in [-0.2, 0) is 16.6 Å². The number of aliphatic hydroxyl groups excluding tert-OH is 1. The Balaban J connectivity index is 1.83. The third kappa shape index (κ3) is 4.27. The molecule has 0 saturated carbocycles. The smallest absolute Gasteiger partial charge is 0.243 e. The first-order chi connectivity index (χ1) is 9.62. The van der Waals surface area contributed by atoms with Crippen LogP contribution in [0.1, 0.15) is 19.3 Å². The monoisotopic (exact) mass is 302 g/mol. The van der Waals surface area contributed by atoms with Gasteiger partial charge in [-0.2, -0.15) is 5.10 Å². The van der Waals surface area contributed by atoms with Gasteiger partial charge in [0, 0.05) is 19.3 Å². The van der Waals surface area contributed by atoms with E-state index >= 15 is 0 Å². The molecule has 0 radical (unpaired) electrons. The molecule has 0 spiro atoms. The fourth-order valence-electron chi connectivity index (χ4n) is 2.31. The number of sulfonamides is 1. The molecular weight excluding hydrogens is 280 g/mol. The molecule has 0 bridgehead atoms. The topological polar surface area (TPSA) is 87.5 Å². The lowest BCUT2D eigenvalue weighted by atomic mass is 10.1. The maximum absolute atomic E-state index is 12.0. The van der Waals surface area contributed by atoms with Gasteiger partial charge in [0.15, 0.2) is 0 Å². The molecule has 0 atom stereocenters. The van der Waals surface area contributed by atoms with Crippen molar-refractivity contribution in [3.63, 3.8) is 0 Å². The van der Waals surface area contributed by atoms with E-state index in [0.717, 1.165) is 19.6 Å². The maximum Gasteiger partial charge on any atom is 0.243 e. The largest absolute Gasteiger partial charge is 0.394 e. The van der Waals surface area contributed by atoms with Gasteiger partial charge in [0.2, 0.25) is 10.0 Å². The molecule has 2 rings (SSSR count). The van der Waals surface area contributed by atoms with Crippen LogP contribution in [0.2, 0.25) is 0 Å². The number of hydrogen-bond donors (Lipinski definition) is 2. The van der Waals surface area contributed by atoms with Crippen molar-refractivity contribution >= 4 is 10.0 Å². The summed E-state index contributed by atoms with van der Waals surface area (Å²) in [7, 11) is -3.50. The molecule has 1 aliphatic heterocycles. The van der Waals surface area contributed by atoms with Gasteiger partial charge in [0.05, 0.1) is 19.3 Å². The van der Waals surface area contributed by atoms with Gasteiger partial charge >= 0.3 is 0 Å². The van der Waals surface area contributed by atoms with Gasteiger partial charge in [-0.25, -0.2) is 13.1 Å². The van der Waals surface area contributed by atoms with Crippen LogP contribution < -0.4 is 4.72 Å². The Labute approximate surface area is 119 Å². The van der Waals surface area contributed by atoms with Gasteiger partial charge in [0.1, 0.15) is 4.90 Å². The highest BCUT2D eigenvalue weighted by Crippen LogP contribution is 2.09. The van der Waals surface area contributed by atoms with Crippen LogP contribution in [0, 0.1) is 0 Å². The first-order valence-corrected chi connectivity index (χ1v) is 8.45. The molecule has 0 aliphatic carbocycles. The summed E-state index contributed by atoms with van der Waals surface area (Å²) in [5, 5.41) is 12.7. The van der Waals surface area contributed by atoms with E-state index in [1.165, 1.54) is 36.3 Å². The number of aliphatic hydroxyl groups is 1. The van der Waals surface area contributed by atoms with Crippen LogP contribution in [0.5, 0.6) is 0 Å². The zero-order chi connectivity index (χ0) is 14.4. The minimum absolute atomic E-state index is 0.0659. The van der Waals surface area contributed by atoms with Crippen LogP contribution in [-0.4, -0.2) is 61.0 Å². The van der Waals surface area contributed by atoms with E-state index in [2.05, 4.69) is 14.7 Å². The molecular formula is C12H22N4O3S. The number of nitrogens with one attached hydrogen (secondary N) is 1. The van der Waals surface area contributed by atoms with Crippen molar-refractivity contribution in [2.24, 2.45) is 0 Å². The average molecular weight is 302 g/mol. The number of rotatable bonds is 7. The highest BCUT2D eigenvalue weighted by Gasteiger charge is 2.17. The normalized spacial score (nSPS) is 17.4. The van der Waals surface area contributed by atoms with Crippen molar-refractivity contribution in [2.45, 2.75) is 30.7 Å². The van der Waals surface area contributed by atoms with Gasteiger partial charge in [-0.3, -0.25) is 4.68 Å². The van der Waals surface area contributed by atoms with E-state index in [0.29, 0.717) is 13.1 Å². The summed E-state index contributed by atoms with van der Waals surface area (Å²) >= 11 is 0. The Morgan fingerprint density at radius 2 is 2.00 bits per heavy atom. The quantitative estimate of drug-likeness (QED) is 0.718. The van der Waals surface area contributed by atoms with E-state index in [4.69, 9.17) is 5.11 Å². The second kappa shape index (κ2) is 7.16. The second-order valence-corrected chi connectivity index (χ2v) is 6.73. The molecule has 8 heteroatoms. The van der Waals surface area contributed by atoms with E-state index in [9.17, 15) is 8.42 Å². The second-order valence-electron chi connectivity index (χ2n) is 4.96. The van der Waals surface area contributed by atoms with Gasteiger partial charge in [-0.15, -0.1) is 0 Å². The number of hydrogen-bond acceptors (Lipinski definition) is 5. The molecule has 7 nitrogen and oxygen atoms in total. The average Bonchev–Trinajstić information content (AvgIpc) is 2.90. The van der Waals surface area contributed by atoms with Crippen molar-refractivity contribution in [1.29, 1.82) is 0 Å². The molecule has 2 N–H and O–H groups in total. The first-order valence-electron chi connectivity index (χ1n) is 6.97. The van der Waals surface area contributed by atoms with Crippen LogP contribution in [0.15, 0.2) is 17.3 Å². The summed E-state index contributed by atoms with van der Waals surface area (Å²) in [6, 6.07) is 0. The lowest BCUT2D eigenvalue weighted by molar-refractivity contribution is 0.233. The highest BCUT2D eigenvalue weighted by molar-refractivity contribution is 7.89. The molecule has 0 amide bonds. The first kappa shape index (κ1) is 15.4. The maximum atomic E-state index is 12.0. The van der Waals surface area contributed by atoms with E-state index < -0.39 is 10.0 Å². The summed E-state index contributed by atoms with van der Waals surface area (Å²) < 4.78 is 28.1. The standard InChI is InChI=1S/C12H22N4O3S/c17-9-8-16-11-12(10-13-16)20(18,19)14-4-7-15-5-2-1-3-6-15/h10-11,14,17H,1-9H2. The van der Waals surface area contributed by atoms with E-state index in [1.54, 1.807) is 0 Å². The third-order valence-corrected chi connectivity index (χ3v) is 4.83. The van der Waals surface area contributed by atoms with Crippen LogP contribution in [0.3, 0.4) is 0 Å². The molecule has 1 aromatic heterocycles. The predicted molar refractivity (Wildman–Crippen MR) is 74.8 cm³/mol. The fraction of sp³-hybridized carbons (Fsp3) is 0.750.